The van der Waals surface area contributed by atoms with Crippen molar-refractivity contribution < 1.29 is 41.7 Å². The van der Waals surface area contributed by atoms with Gasteiger partial charge in [-0.3, -0.25) is 4.79 Å². The topological polar surface area (TPSA) is 161 Å². The number of ether oxygens (including phenoxy) is 4. The highest BCUT2D eigenvalue weighted by atomic mass is 32.2. The van der Waals surface area contributed by atoms with E-state index in [1.54, 1.807) is 32.2 Å². The Morgan fingerprint density at radius 1 is 1.05 bits per heavy atom. The smallest absolute Gasteiger partial charge is 0.339 e. The van der Waals surface area contributed by atoms with Gasteiger partial charge in [0.1, 0.15) is 36.7 Å². The van der Waals surface area contributed by atoms with Crippen LogP contribution in [0.2, 0.25) is 0 Å². The number of nitrogens with zero attached hydrogens (tertiary/aromatic N) is 5. The molecule has 1 aliphatic rings. The van der Waals surface area contributed by atoms with Crippen LogP contribution in [0.3, 0.4) is 0 Å². The van der Waals surface area contributed by atoms with Crippen LogP contribution in [0.15, 0.2) is 85.5 Å². The molecule has 0 unspecified atom stereocenters. The molecule has 284 valence electrons. The van der Waals surface area contributed by atoms with Crippen molar-refractivity contribution in [1.82, 2.24) is 20.1 Å². The van der Waals surface area contributed by atoms with Crippen molar-refractivity contribution in [1.29, 1.82) is 10.5 Å². The lowest BCUT2D eigenvalue weighted by molar-refractivity contribution is -0.146. The van der Waals surface area contributed by atoms with E-state index in [0.717, 1.165) is 12.1 Å². The molecule has 0 amide bonds. The second-order valence-electron chi connectivity index (χ2n) is 12.2. The second kappa shape index (κ2) is 19.0. The van der Waals surface area contributed by atoms with Crippen LogP contribution in [0.1, 0.15) is 45.1 Å². The Bertz CT molecular complexity index is 2130. The molecule has 55 heavy (non-hydrogen) atoms. The number of likely N-dealkylation sites (N-methyl/N-ethyl adjacent to an activating group) is 1. The maximum absolute atomic E-state index is 15.9. The first-order chi connectivity index (χ1) is 26.5. The number of carbonyl (C=O) groups excluding carboxylic acids is 2. The lowest BCUT2D eigenvalue weighted by Gasteiger charge is -2.40. The van der Waals surface area contributed by atoms with E-state index in [2.05, 4.69) is 15.4 Å². The summed E-state index contributed by atoms with van der Waals surface area (Å²) < 4.78 is 69.2. The van der Waals surface area contributed by atoms with Gasteiger partial charge in [-0.05, 0) is 56.4 Å². The van der Waals surface area contributed by atoms with Crippen LogP contribution in [-0.2, 0) is 42.5 Å². The Kier molecular flexibility index (Phi) is 14.0. The van der Waals surface area contributed by atoms with Crippen molar-refractivity contribution in [3.05, 3.63) is 136 Å². The Morgan fingerprint density at radius 3 is 2.47 bits per heavy atom. The minimum atomic E-state index is -1.88. The molecular formula is C39H35F3N6O6S. The molecule has 1 fully saturated rings. The van der Waals surface area contributed by atoms with E-state index < -0.39 is 46.5 Å². The third-order valence-corrected chi connectivity index (χ3v) is 9.87. The van der Waals surface area contributed by atoms with Crippen LogP contribution in [0.25, 0.3) is 6.08 Å². The van der Waals surface area contributed by atoms with Crippen LogP contribution >= 0.6 is 11.8 Å². The van der Waals surface area contributed by atoms with Crippen LogP contribution < -0.4 is 5.32 Å². The van der Waals surface area contributed by atoms with Crippen LogP contribution in [0.4, 0.5) is 13.2 Å². The first kappa shape index (κ1) is 40.4. The second-order valence-corrected chi connectivity index (χ2v) is 13.8. The average molecular weight is 773 g/mol. The number of allylic oxidation sites excluding steroid dienone is 2. The number of aromatic nitrogens is 3. The number of hydrogen-bond donors (Lipinski definition) is 1. The molecule has 0 spiro atoms. The van der Waals surface area contributed by atoms with E-state index in [9.17, 15) is 23.6 Å². The number of benzene rings is 3. The fourth-order valence-corrected chi connectivity index (χ4v) is 7.02. The number of nitriles is 2. The third-order valence-electron chi connectivity index (χ3n) is 8.42. The number of thioether (sulfide) groups is 1. The summed E-state index contributed by atoms with van der Waals surface area (Å²) in [5.74, 6) is -3.92. The molecule has 16 heteroatoms. The highest BCUT2D eigenvalue weighted by Gasteiger charge is 2.47. The molecular weight excluding hydrogens is 738 g/mol. The SMILES string of the molecule is CNCC(=O)OCc1ccc(C#N)cc1C(=O)O[C@@](Cn1cncn1)(c1ccc(F)cc1F)[C@@H](C)S[C@H]1CO[C@H](/C=C/C=C/c2ccc(C#N)cc2F)OC1. The summed E-state index contributed by atoms with van der Waals surface area (Å²) in [7, 11) is 1.57. The number of halogens is 3. The Hall–Kier alpha value is -5.78. The average Bonchev–Trinajstić information content (AvgIpc) is 3.69. The van der Waals surface area contributed by atoms with Gasteiger partial charge < -0.3 is 24.3 Å². The highest BCUT2D eigenvalue weighted by Crippen LogP contribution is 2.42. The van der Waals surface area contributed by atoms with E-state index >= 15 is 4.39 Å². The van der Waals surface area contributed by atoms with Gasteiger partial charge in [-0.15, -0.1) is 11.8 Å². The molecule has 2 atom stereocenters. The number of carbonyl (C=O) groups is 2. The van der Waals surface area contributed by atoms with Gasteiger partial charge >= 0.3 is 11.9 Å². The largest absolute Gasteiger partial charge is 0.460 e. The summed E-state index contributed by atoms with van der Waals surface area (Å²) in [5, 5.41) is 24.3. The number of nitrogens with one attached hydrogen (secondary N) is 1. The van der Waals surface area contributed by atoms with Crippen molar-refractivity contribution >= 4 is 29.8 Å². The van der Waals surface area contributed by atoms with Gasteiger partial charge in [-0.1, -0.05) is 30.4 Å². The fourth-order valence-electron chi connectivity index (χ4n) is 5.66. The number of esters is 2. The molecule has 0 aliphatic carbocycles. The first-order valence-electron chi connectivity index (χ1n) is 16.8. The number of rotatable bonds is 15. The quantitative estimate of drug-likeness (QED) is 0.118. The molecule has 1 saturated heterocycles. The van der Waals surface area contributed by atoms with Crippen LogP contribution in [0.5, 0.6) is 0 Å². The normalized spacial score (nSPS) is 17.3. The molecule has 1 N–H and O–H groups in total. The highest BCUT2D eigenvalue weighted by molar-refractivity contribution is 8.00. The maximum Gasteiger partial charge on any atom is 0.339 e. The molecule has 0 saturated carbocycles. The van der Waals surface area contributed by atoms with Gasteiger partial charge in [0, 0.05) is 28.0 Å². The van der Waals surface area contributed by atoms with Gasteiger partial charge in [0.05, 0.1) is 60.4 Å². The zero-order valence-electron chi connectivity index (χ0n) is 29.7. The molecule has 12 nitrogen and oxygen atoms in total. The monoisotopic (exact) mass is 772 g/mol. The molecule has 1 aromatic heterocycles. The van der Waals surface area contributed by atoms with Crippen LogP contribution in [-0.4, -0.2) is 70.3 Å². The Balaban J connectivity index is 1.40. The van der Waals surface area contributed by atoms with Gasteiger partial charge in [-0.25, -0.2) is 27.6 Å². The molecule has 2 heterocycles. The third kappa shape index (κ3) is 10.5. The van der Waals surface area contributed by atoms with E-state index in [-0.39, 0.29) is 66.0 Å². The summed E-state index contributed by atoms with van der Waals surface area (Å²) >= 11 is 1.28. The van der Waals surface area contributed by atoms with E-state index in [0.29, 0.717) is 11.6 Å². The van der Waals surface area contributed by atoms with Gasteiger partial charge in [0.2, 0.25) is 0 Å². The van der Waals surface area contributed by atoms with E-state index in [4.69, 9.17) is 24.2 Å². The van der Waals surface area contributed by atoms with Crippen molar-refractivity contribution in [2.45, 2.75) is 42.5 Å². The summed E-state index contributed by atoms with van der Waals surface area (Å²) in [5.41, 5.74) is -1.27. The van der Waals surface area contributed by atoms with Gasteiger partial charge in [0.25, 0.3) is 0 Å². The number of hydrogen-bond acceptors (Lipinski definition) is 12. The first-order valence-corrected chi connectivity index (χ1v) is 17.8. The van der Waals surface area contributed by atoms with Crippen LogP contribution in [0, 0.1) is 40.1 Å². The van der Waals surface area contributed by atoms with Crippen molar-refractivity contribution in [3.63, 3.8) is 0 Å². The summed E-state index contributed by atoms with van der Waals surface area (Å²) in [6, 6.07) is 15.2. The van der Waals surface area contributed by atoms with Gasteiger partial charge in [0.15, 0.2) is 11.9 Å². The van der Waals surface area contributed by atoms with E-state index in [1.165, 1.54) is 71.6 Å². The minimum Gasteiger partial charge on any atom is -0.460 e. The molecule has 0 bridgehead atoms. The van der Waals surface area contributed by atoms with Gasteiger partial charge in [-0.2, -0.15) is 15.6 Å². The van der Waals surface area contributed by atoms with Crippen molar-refractivity contribution in [3.8, 4) is 12.1 Å². The Morgan fingerprint density at radius 2 is 1.80 bits per heavy atom. The summed E-state index contributed by atoms with van der Waals surface area (Å²) in [6.07, 6.45) is 8.30. The maximum atomic E-state index is 15.9. The molecule has 1 aliphatic heterocycles. The molecule has 4 aromatic rings. The fraction of sp³-hybridized carbons (Fsp3) is 0.282. The molecule has 3 aromatic carbocycles. The zero-order valence-corrected chi connectivity index (χ0v) is 30.5. The molecule has 5 rings (SSSR count). The zero-order chi connectivity index (χ0) is 39.4. The Labute approximate surface area is 319 Å². The minimum absolute atomic E-state index is 0.0839. The predicted molar refractivity (Wildman–Crippen MR) is 194 cm³/mol. The lowest BCUT2D eigenvalue weighted by Crippen LogP contribution is -2.47. The summed E-state index contributed by atoms with van der Waals surface area (Å²) in [4.78, 5) is 30.4. The van der Waals surface area contributed by atoms with Crippen molar-refractivity contribution in [2.24, 2.45) is 0 Å². The lowest BCUT2D eigenvalue weighted by atomic mass is 9.89. The van der Waals surface area contributed by atoms with E-state index in [1.807, 2.05) is 12.1 Å². The molecule has 0 radical (unpaired) electrons. The standard InChI is InChI=1S/C39H35F3N6O6S/c1-25(55-31-20-52-37(53-21-31)6-4-3-5-28-9-7-27(17-44)14-34(28)41)39(22-48-24-46-23-47-48,33-12-11-30(40)15-35(33)42)54-38(50)32-13-26(16-43)8-10-29(32)19-51-36(49)18-45-2/h3-15,23-25,31,37,45H,18-22H2,1-2H3/b5-3+,6-4+/t25-,31-,37-,39-/m1/s1. The summed E-state index contributed by atoms with van der Waals surface area (Å²) in [6.45, 7) is 1.39. The predicted octanol–water partition coefficient (Wildman–Crippen LogP) is 5.59. The van der Waals surface area contributed by atoms with Crippen molar-refractivity contribution in [2.75, 3.05) is 26.8 Å².